The summed E-state index contributed by atoms with van der Waals surface area (Å²) in [4.78, 5) is 0. The third-order valence-corrected chi connectivity index (χ3v) is 3.41. The minimum absolute atomic E-state index is 0.149. The average Bonchev–Trinajstić information content (AvgIpc) is 2.52. The molecule has 0 saturated carbocycles. The van der Waals surface area contributed by atoms with Gasteiger partial charge in [-0.2, -0.15) is 13.2 Å². The molecule has 0 fully saturated rings. The number of halogens is 3. The maximum Gasteiger partial charge on any atom is 0.416 e. The summed E-state index contributed by atoms with van der Waals surface area (Å²) in [5, 5.41) is 3.20. The Morgan fingerprint density at radius 3 is 2.18 bits per heavy atom. The van der Waals surface area contributed by atoms with Crippen LogP contribution < -0.4 is 10.1 Å². The first-order chi connectivity index (χ1) is 10.5. The van der Waals surface area contributed by atoms with Gasteiger partial charge in [0.05, 0.1) is 12.2 Å². The van der Waals surface area contributed by atoms with Gasteiger partial charge in [-0.1, -0.05) is 30.3 Å². The summed E-state index contributed by atoms with van der Waals surface area (Å²) in [6.07, 6.45) is -3.59. The van der Waals surface area contributed by atoms with E-state index in [4.69, 9.17) is 4.74 Å². The van der Waals surface area contributed by atoms with Crippen LogP contribution in [0.15, 0.2) is 54.6 Å². The quantitative estimate of drug-likeness (QED) is 0.852. The number of alkyl halides is 3. The van der Waals surface area contributed by atoms with Gasteiger partial charge >= 0.3 is 6.18 Å². The lowest BCUT2D eigenvalue weighted by molar-refractivity contribution is -0.137. The minimum Gasteiger partial charge on any atom is -0.494 e. The van der Waals surface area contributed by atoms with Crippen molar-refractivity contribution in [2.45, 2.75) is 18.6 Å². The second kappa shape index (κ2) is 7.31. The van der Waals surface area contributed by atoms with Crippen molar-refractivity contribution in [3.05, 3.63) is 65.7 Å². The van der Waals surface area contributed by atoms with Gasteiger partial charge in [-0.25, -0.2) is 0 Å². The second-order valence-electron chi connectivity index (χ2n) is 4.91. The minimum atomic E-state index is -4.32. The summed E-state index contributed by atoms with van der Waals surface area (Å²) >= 11 is 0. The highest BCUT2D eigenvalue weighted by molar-refractivity contribution is 5.28. The number of rotatable bonds is 6. The number of hydrogen-bond acceptors (Lipinski definition) is 2. The molecule has 2 rings (SSSR count). The van der Waals surface area contributed by atoms with E-state index in [-0.39, 0.29) is 6.04 Å². The lowest BCUT2D eigenvalue weighted by atomic mass is 10.0. The maximum atomic E-state index is 12.5. The van der Waals surface area contributed by atoms with E-state index >= 15 is 0 Å². The molecule has 0 spiro atoms. The van der Waals surface area contributed by atoms with Crippen LogP contribution in [0.1, 0.15) is 23.6 Å². The first kappa shape index (κ1) is 16.4. The Bertz CT molecular complexity index is 567. The Morgan fingerprint density at radius 2 is 1.64 bits per heavy atom. The molecule has 1 atom stereocenters. The van der Waals surface area contributed by atoms with Crippen molar-refractivity contribution in [3.63, 3.8) is 0 Å². The van der Waals surface area contributed by atoms with Gasteiger partial charge in [0.25, 0.3) is 0 Å². The fraction of sp³-hybridized carbons (Fsp3) is 0.294. The number of nitrogens with one attached hydrogen (secondary N) is 1. The molecule has 2 nitrogen and oxygen atoms in total. The van der Waals surface area contributed by atoms with Crippen molar-refractivity contribution in [2.75, 3.05) is 13.7 Å². The van der Waals surface area contributed by atoms with E-state index in [0.29, 0.717) is 12.4 Å². The van der Waals surface area contributed by atoms with E-state index in [0.717, 1.165) is 24.1 Å². The van der Waals surface area contributed by atoms with E-state index in [1.54, 1.807) is 0 Å². The zero-order valence-corrected chi connectivity index (χ0v) is 12.2. The molecule has 0 bridgehead atoms. The zero-order valence-electron chi connectivity index (χ0n) is 12.2. The van der Waals surface area contributed by atoms with E-state index in [2.05, 4.69) is 5.32 Å². The van der Waals surface area contributed by atoms with Gasteiger partial charge < -0.3 is 10.1 Å². The molecule has 0 radical (unpaired) electrons. The first-order valence-corrected chi connectivity index (χ1v) is 7.03. The lowest BCUT2D eigenvalue weighted by Gasteiger charge is -2.17. The van der Waals surface area contributed by atoms with Crippen LogP contribution in [0.5, 0.6) is 5.75 Å². The molecule has 22 heavy (non-hydrogen) atoms. The van der Waals surface area contributed by atoms with Crippen molar-refractivity contribution in [1.82, 2.24) is 5.32 Å². The van der Waals surface area contributed by atoms with Gasteiger partial charge in [-0.15, -0.1) is 0 Å². The molecule has 0 aliphatic heterocycles. The second-order valence-corrected chi connectivity index (χ2v) is 4.91. The summed E-state index contributed by atoms with van der Waals surface area (Å²) in [5.41, 5.74) is 0.484. The van der Waals surface area contributed by atoms with Gasteiger partial charge in [0.15, 0.2) is 0 Å². The molecule has 2 aromatic carbocycles. The van der Waals surface area contributed by atoms with Crippen molar-refractivity contribution >= 4 is 0 Å². The third kappa shape index (κ3) is 4.49. The van der Waals surface area contributed by atoms with Gasteiger partial charge in [-0.05, 0) is 36.9 Å². The summed E-state index contributed by atoms with van der Waals surface area (Å²) < 4.78 is 42.9. The molecule has 0 amide bonds. The predicted molar refractivity (Wildman–Crippen MR) is 79.8 cm³/mol. The van der Waals surface area contributed by atoms with Gasteiger partial charge in [0.2, 0.25) is 0 Å². The first-order valence-electron chi connectivity index (χ1n) is 7.03. The predicted octanol–water partition coefficient (Wildman–Crippen LogP) is 4.44. The average molecular weight is 309 g/mol. The van der Waals surface area contributed by atoms with Crippen LogP contribution in [0, 0.1) is 0 Å². The molecule has 0 saturated heterocycles. The maximum absolute atomic E-state index is 12.5. The molecular formula is C17H18F3NO. The molecule has 1 unspecified atom stereocenters. The monoisotopic (exact) mass is 309 g/mol. The highest BCUT2D eigenvalue weighted by Crippen LogP contribution is 2.30. The fourth-order valence-corrected chi connectivity index (χ4v) is 2.20. The molecule has 0 aliphatic rings. The van der Waals surface area contributed by atoms with Crippen molar-refractivity contribution < 1.29 is 17.9 Å². The lowest BCUT2D eigenvalue weighted by Crippen LogP contribution is -2.19. The van der Waals surface area contributed by atoms with E-state index in [1.165, 1.54) is 12.1 Å². The highest BCUT2D eigenvalue weighted by Gasteiger charge is 2.29. The van der Waals surface area contributed by atoms with Gasteiger partial charge in [-0.3, -0.25) is 0 Å². The van der Waals surface area contributed by atoms with Crippen LogP contribution in [-0.4, -0.2) is 13.7 Å². The standard InChI is InChI=1S/C17H18F3NO/c1-21-16(13-5-3-2-4-6-13)11-12-22-15-9-7-14(8-10-15)17(18,19)20/h2-10,16,21H,11-12H2,1H3. The molecule has 5 heteroatoms. The summed E-state index contributed by atoms with van der Waals surface area (Å²) in [7, 11) is 1.87. The van der Waals surface area contributed by atoms with E-state index in [9.17, 15) is 13.2 Å². The van der Waals surface area contributed by atoms with Gasteiger partial charge in [0.1, 0.15) is 5.75 Å². The number of ether oxygens (including phenoxy) is 1. The Balaban J connectivity index is 1.88. The fourth-order valence-electron chi connectivity index (χ4n) is 2.20. The van der Waals surface area contributed by atoms with Crippen LogP contribution in [0.25, 0.3) is 0 Å². The Kier molecular flexibility index (Phi) is 5.44. The zero-order chi connectivity index (χ0) is 16.0. The topological polar surface area (TPSA) is 21.3 Å². The number of benzene rings is 2. The molecule has 2 aromatic rings. The normalized spacial score (nSPS) is 12.9. The summed E-state index contributed by atoms with van der Waals surface area (Å²) in [6, 6.07) is 14.8. The molecule has 0 aromatic heterocycles. The van der Waals surface area contributed by atoms with E-state index < -0.39 is 11.7 Å². The molecule has 1 N–H and O–H groups in total. The van der Waals surface area contributed by atoms with Crippen LogP contribution in [0.4, 0.5) is 13.2 Å². The highest BCUT2D eigenvalue weighted by atomic mass is 19.4. The largest absolute Gasteiger partial charge is 0.494 e. The van der Waals surface area contributed by atoms with Crippen LogP contribution >= 0.6 is 0 Å². The smallest absolute Gasteiger partial charge is 0.416 e. The van der Waals surface area contributed by atoms with E-state index in [1.807, 2.05) is 37.4 Å². The van der Waals surface area contributed by atoms with Crippen LogP contribution in [0.3, 0.4) is 0 Å². The Hall–Kier alpha value is -2.01. The van der Waals surface area contributed by atoms with Gasteiger partial charge in [0, 0.05) is 12.5 Å². The van der Waals surface area contributed by atoms with Crippen LogP contribution in [0.2, 0.25) is 0 Å². The third-order valence-electron chi connectivity index (χ3n) is 3.41. The van der Waals surface area contributed by atoms with Crippen molar-refractivity contribution in [2.24, 2.45) is 0 Å². The molecule has 0 aliphatic carbocycles. The Labute approximate surface area is 127 Å². The molecule has 0 heterocycles. The van der Waals surface area contributed by atoms with Crippen molar-refractivity contribution in [1.29, 1.82) is 0 Å². The number of hydrogen-bond donors (Lipinski definition) is 1. The molecule has 118 valence electrons. The molecular weight excluding hydrogens is 291 g/mol. The van der Waals surface area contributed by atoms with Crippen molar-refractivity contribution in [3.8, 4) is 5.75 Å². The SMILES string of the molecule is CNC(CCOc1ccc(C(F)(F)F)cc1)c1ccccc1. The van der Waals surface area contributed by atoms with Crippen LogP contribution in [-0.2, 0) is 6.18 Å². The Morgan fingerprint density at radius 1 is 1.00 bits per heavy atom. The summed E-state index contributed by atoms with van der Waals surface area (Å²) in [5.74, 6) is 0.441. The summed E-state index contributed by atoms with van der Waals surface area (Å²) in [6.45, 7) is 0.422.